The summed E-state index contributed by atoms with van der Waals surface area (Å²) >= 11 is 1.41. The summed E-state index contributed by atoms with van der Waals surface area (Å²) in [5.74, 6) is -1.20. The number of aromatic nitrogens is 1. The number of thiazole rings is 1. The van der Waals surface area contributed by atoms with Crippen molar-refractivity contribution in [1.82, 2.24) is 4.98 Å². The largest absolute Gasteiger partial charge is 0.467 e. The quantitative estimate of drug-likeness (QED) is 0.223. The van der Waals surface area contributed by atoms with Crippen LogP contribution in [0.25, 0.3) is 10.2 Å². The molecule has 0 radical (unpaired) electrons. The van der Waals surface area contributed by atoms with Gasteiger partial charge in [-0.1, -0.05) is 114 Å². The van der Waals surface area contributed by atoms with E-state index in [4.69, 9.17) is 9.47 Å². The molecule has 1 N–H and O–H groups in total. The number of nitrogens with zero attached hydrogens (tertiary/aromatic N) is 1. The van der Waals surface area contributed by atoms with E-state index in [-0.39, 0.29) is 5.29 Å². The topological polar surface area (TPSA) is 77.5 Å². The van der Waals surface area contributed by atoms with E-state index in [1.54, 1.807) is 0 Å². The second-order valence-corrected chi connectivity index (χ2v) is 13.0. The fourth-order valence-electron chi connectivity index (χ4n) is 4.79. The maximum atomic E-state index is 14.0. The standard InChI is InChI=1S/C31H27N2O4PS/c1-36-29(34)27(33-31-32-25-20-12-13-21-26(25)39-31)28(30(35)37-2)38(22-14-6-3-7-15-22,23-16-8-4-9-17-23)24-18-10-5-11-19-24/h3-21,27H,1-2H3,(H,32,33). The molecule has 1 aromatic heterocycles. The highest BCUT2D eigenvalue weighted by Gasteiger charge is 2.41. The first-order chi connectivity index (χ1) is 19.1. The summed E-state index contributed by atoms with van der Waals surface area (Å²) in [6, 6.07) is 36.0. The minimum absolute atomic E-state index is 0.278. The number of rotatable bonds is 8. The number of benzene rings is 4. The Morgan fingerprint density at radius 3 is 1.67 bits per heavy atom. The fraction of sp³-hybridized carbons (Fsp3) is 0.0968. The van der Waals surface area contributed by atoms with E-state index in [9.17, 15) is 9.59 Å². The summed E-state index contributed by atoms with van der Waals surface area (Å²) in [5.41, 5.74) is 0.795. The second kappa shape index (κ2) is 11.7. The highest BCUT2D eigenvalue weighted by atomic mass is 32.1. The molecule has 0 aliphatic carbocycles. The van der Waals surface area contributed by atoms with Crippen LogP contribution >= 0.6 is 18.2 Å². The Morgan fingerprint density at radius 2 is 1.21 bits per heavy atom. The summed E-state index contributed by atoms with van der Waals surface area (Å²) in [7, 11) is 2.65. The lowest BCUT2D eigenvalue weighted by molar-refractivity contribution is -0.141. The number of fused-ring (bicyclic) bond motifs is 1. The van der Waals surface area contributed by atoms with E-state index < -0.39 is 24.9 Å². The monoisotopic (exact) mass is 554 g/mol. The van der Waals surface area contributed by atoms with Crippen LogP contribution in [-0.2, 0) is 19.1 Å². The van der Waals surface area contributed by atoms with Gasteiger partial charge in [0.05, 0.1) is 29.7 Å². The van der Waals surface area contributed by atoms with Crippen molar-refractivity contribution >= 4 is 66.7 Å². The van der Waals surface area contributed by atoms with Crippen LogP contribution < -0.4 is 21.2 Å². The third kappa shape index (κ3) is 4.99. The highest BCUT2D eigenvalue weighted by molar-refractivity contribution is 7.96. The molecular formula is C31H27N2O4PS. The summed E-state index contributed by atoms with van der Waals surface area (Å²) in [4.78, 5) is 32.3. The molecule has 196 valence electrons. The molecule has 39 heavy (non-hydrogen) atoms. The molecule has 1 atom stereocenters. The van der Waals surface area contributed by atoms with Crippen molar-refractivity contribution in [3.63, 3.8) is 0 Å². The summed E-state index contributed by atoms with van der Waals surface area (Å²) in [6.07, 6.45) is 0. The predicted octanol–water partition coefficient (Wildman–Crippen LogP) is 4.59. The van der Waals surface area contributed by atoms with Gasteiger partial charge in [-0.25, -0.2) is 14.6 Å². The van der Waals surface area contributed by atoms with Gasteiger partial charge in [0.15, 0.2) is 11.2 Å². The smallest absolute Gasteiger partial charge is 0.337 e. The van der Waals surface area contributed by atoms with Gasteiger partial charge >= 0.3 is 11.9 Å². The lowest BCUT2D eigenvalue weighted by Crippen LogP contribution is -2.47. The molecule has 5 aromatic rings. The van der Waals surface area contributed by atoms with E-state index in [1.165, 1.54) is 25.6 Å². The van der Waals surface area contributed by atoms with Gasteiger partial charge < -0.3 is 14.8 Å². The lowest BCUT2D eigenvalue weighted by atomic mass is 10.2. The van der Waals surface area contributed by atoms with Crippen molar-refractivity contribution < 1.29 is 19.1 Å². The van der Waals surface area contributed by atoms with Crippen LogP contribution in [0.15, 0.2) is 115 Å². The summed E-state index contributed by atoms with van der Waals surface area (Å²) in [5, 5.41) is 6.77. The van der Waals surface area contributed by atoms with Gasteiger partial charge in [0.2, 0.25) is 0 Å². The normalized spacial score (nSPS) is 11.9. The summed E-state index contributed by atoms with van der Waals surface area (Å²) < 4.78 is 11.7. The van der Waals surface area contributed by atoms with Crippen molar-refractivity contribution in [3.05, 3.63) is 115 Å². The van der Waals surface area contributed by atoms with Gasteiger partial charge in [-0.15, -0.1) is 0 Å². The van der Waals surface area contributed by atoms with Crippen molar-refractivity contribution in [2.45, 2.75) is 6.04 Å². The lowest BCUT2D eigenvalue weighted by Gasteiger charge is -2.34. The average Bonchev–Trinajstić information content (AvgIpc) is 3.42. The highest BCUT2D eigenvalue weighted by Crippen LogP contribution is 2.47. The van der Waals surface area contributed by atoms with Crippen molar-refractivity contribution in [1.29, 1.82) is 0 Å². The molecule has 0 aliphatic heterocycles. The average molecular weight is 555 g/mol. The Balaban J connectivity index is 1.93. The van der Waals surface area contributed by atoms with E-state index in [2.05, 4.69) is 10.3 Å². The molecule has 5 rings (SSSR count). The molecule has 4 aromatic carbocycles. The number of hydrogen-bond donors (Lipinski definition) is 1. The number of ether oxygens (including phenoxy) is 2. The Kier molecular flexibility index (Phi) is 7.92. The zero-order valence-electron chi connectivity index (χ0n) is 21.5. The van der Waals surface area contributed by atoms with Crippen LogP contribution in [0.5, 0.6) is 0 Å². The molecule has 0 amide bonds. The maximum Gasteiger partial charge on any atom is 0.337 e. The van der Waals surface area contributed by atoms with E-state index in [0.29, 0.717) is 5.13 Å². The van der Waals surface area contributed by atoms with Crippen molar-refractivity contribution in [2.24, 2.45) is 0 Å². The van der Waals surface area contributed by atoms with Gasteiger partial charge in [0, 0.05) is 0 Å². The molecule has 1 heterocycles. The molecule has 0 saturated heterocycles. The minimum atomic E-state index is -2.98. The number of nitrogens with one attached hydrogen (secondary N) is 1. The van der Waals surface area contributed by atoms with Crippen molar-refractivity contribution in [2.75, 3.05) is 19.5 Å². The third-order valence-corrected chi connectivity index (χ3v) is 11.8. The Bertz CT molecular complexity index is 1520. The molecule has 0 fully saturated rings. The van der Waals surface area contributed by atoms with E-state index in [1.807, 2.05) is 115 Å². The van der Waals surface area contributed by atoms with Crippen LogP contribution in [0.3, 0.4) is 0 Å². The van der Waals surface area contributed by atoms with Gasteiger partial charge in [0.25, 0.3) is 0 Å². The van der Waals surface area contributed by atoms with E-state index >= 15 is 0 Å². The number of carbonyl (C=O) groups excluding carboxylic acids is 2. The molecular weight excluding hydrogens is 527 g/mol. The van der Waals surface area contributed by atoms with Crippen LogP contribution in [0.2, 0.25) is 0 Å². The molecule has 0 saturated carbocycles. The maximum absolute atomic E-state index is 14.0. The molecule has 0 spiro atoms. The van der Waals surface area contributed by atoms with Gasteiger partial charge in [-0.3, -0.25) is 0 Å². The zero-order valence-corrected chi connectivity index (χ0v) is 23.2. The zero-order chi connectivity index (χ0) is 27.2. The number of carbonyl (C=O) groups is 2. The van der Waals surface area contributed by atoms with Crippen LogP contribution in [0, 0.1) is 0 Å². The Labute approximate surface area is 231 Å². The number of methoxy groups -OCH3 is 2. The number of hydrogen-bond acceptors (Lipinski definition) is 7. The molecule has 1 unspecified atom stereocenters. The van der Waals surface area contributed by atoms with Crippen LogP contribution in [0.4, 0.5) is 5.13 Å². The SMILES string of the molecule is COC(=O)C(C(Nc1nc2ccccc2s1)C(=O)OC)=P(c1ccccc1)(c1ccccc1)c1ccccc1. The van der Waals surface area contributed by atoms with Crippen LogP contribution in [0.1, 0.15) is 0 Å². The summed E-state index contributed by atoms with van der Waals surface area (Å²) in [6.45, 7) is -2.98. The third-order valence-electron chi connectivity index (χ3n) is 6.46. The first-order valence-electron chi connectivity index (χ1n) is 12.3. The molecule has 0 bridgehead atoms. The molecule has 6 nitrogen and oxygen atoms in total. The number of esters is 2. The fourth-order valence-corrected chi connectivity index (χ4v) is 10.2. The predicted molar refractivity (Wildman–Crippen MR) is 161 cm³/mol. The molecule has 0 aliphatic rings. The van der Waals surface area contributed by atoms with Crippen LogP contribution in [-0.4, -0.2) is 42.5 Å². The second-order valence-electron chi connectivity index (χ2n) is 8.64. The van der Waals surface area contributed by atoms with Crippen molar-refractivity contribution in [3.8, 4) is 0 Å². The first-order valence-corrected chi connectivity index (χ1v) is 14.9. The molecule has 8 heteroatoms. The Hall–Kier alpha value is -4.19. The minimum Gasteiger partial charge on any atom is -0.467 e. The Morgan fingerprint density at radius 1 is 0.718 bits per heavy atom. The van der Waals surface area contributed by atoms with Gasteiger partial charge in [-0.2, -0.15) is 0 Å². The number of para-hydroxylation sites is 1. The van der Waals surface area contributed by atoms with Gasteiger partial charge in [-0.05, 0) is 34.9 Å². The van der Waals surface area contributed by atoms with Gasteiger partial charge in [0.1, 0.15) is 0 Å². The first kappa shape index (κ1) is 26.4. The van der Waals surface area contributed by atoms with E-state index in [0.717, 1.165) is 26.1 Å². The number of anilines is 1.